The van der Waals surface area contributed by atoms with Crippen molar-refractivity contribution >= 4 is 5.69 Å². The molecule has 2 aromatic carbocycles. The summed E-state index contributed by atoms with van der Waals surface area (Å²) in [5, 5.41) is 3.32. The molecule has 8 nitrogen and oxygen atoms in total. The lowest BCUT2D eigenvalue weighted by Crippen LogP contribution is -2.42. The quantitative estimate of drug-likeness (QED) is 0.184. The molecule has 8 heteroatoms. The van der Waals surface area contributed by atoms with Gasteiger partial charge in [0.15, 0.2) is 0 Å². The Balaban J connectivity index is 1.34. The summed E-state index contributed by atoms with van der Waals surface area (Å²) >= 11 is 0. The van der Waals surface area contributed by atoms with E-state index in [1.54, 1.807) is 0 Å². The van der Waals surface area contributed by atoms with Gasteiger partial charge in [0, 0.05) is 61.8 Å². The average molecular weight is 630 g/mol. The van der Waals surface area contributed by atoms with Gasteiger partial charge in [0.1, 0.15) is 0 Å². The Morgan fingerprint density at radius 2 is 1.65 bits per heavy atom. The zero-order valence-electron chi connectivity index (χ0n) is 29.0. The van der Waals surface area contributed by atoms with E-state index in [9.17, 15) is 4.79 Å². The molecule has 2 fully saturated rings. The summed E-state index contributed by atoms with van der Waals surface area (Å²) in [6.07, 6.45) is 4.90. The van der Waals surface area contributed by atoms with E-state index < -0.39 is 0 Å². The van der Waals surface area contributed by atoms with Gasteiger partial charge in [-0.15, -0.1) is 0 Å². The number of benzene rings is 2. The first kappa shape index (κ1) is 34.3. The minimum atomic E-state index is -0.0339. The number of nitrogens with zero attached hydrogens (tertiary/aromatic N) is 3. The fourth-order valence-electron chi connectivity index (χ4n) is 7.21. The van der Waals surface area contributed by atoms with E-state index >= 15 is 0 Å². The lowest BCUT2D eigenvalue weighted by molar-refractivity contribution is 0.0342. The average Bonchev–Trinajstić information content (AvgIpc) is 3.04. The van der Waals surface area contributed by atoms with Gasteiger partial charge < -0.3 is 24.3 Å². The summed E-state index contributed by atoms with van der Waals surface area (Å²) in [5.74, 6) is 0. The Labute approximate surface area is 276 Å². The predicted octanol–water partition coefficient (Wildman–Crippen LogP) is 5.76. The van der Waals surface area contributed by atoms with E-state index in [0.29, 0.717) is 32.0 Å². The molecule has 1 aliphatic carbocycles. The Bertz CT molecular complexity index is 1470. The van der Waals surface area contributed by atoms with Crippen molar-refractivity contribution in [2.24, 2.45) is 0 Å². The summed E-state index contributed by atoms with van der Waals surface area (Å²) < 4.78 is 11.7. The molecule has 5 rings (SSSR count). The molecule has 1 aliphatic heterocycles. The third-order valence-electron chi connectivity index (χ3n) is 10.0. The van der Waals surface area contributed by atoms with Crippen molar-refractivity contribution in [1.29, 1.82) is 0 Å². The van der Waals surface area contributed by atoms with Crippen molar-refractivity contribution in [3.05, 3.63) is 86.3 Å². The van der Waals surface area contributed by atoms with Crippen LogP contribution >= 0.6 is 0 Å². The highest BCUT2D eigenvalue weighted by Gasteiger charge is 2.28. The second-order valence-electron chi connectivity index (χ2n) is 13.4. The second-order valence-corrected chi connectivity index (χ2v) is 13.4. The second kappa shape index (κ2) is 16.2. The standard InChI is InChI=1S/C38H55N5O3/c1-7-43(35-14-12-34(13-15-35)41(5)6)37-22-32(31-10-8-30(9-11-31)24-42-16-18-45-19-17-42)21-33(29(37)4)25-46-26-39-23-36-27(2)20-28(3)40-38(36)44/h8-11,20-22,34-35,39H,7,12-19,23-26H2,1-6H3,(H,40,44)/t34-,35-. The van der Waals surface area contributed by atoms with Crippen LogP contribution in [0, 0.1) is 20.8 Å². The fourth-order valence-corrected chi connectivity index (χ4v) is 7.21. The van der Waals surface area contributed by atoms with Crippen molar-refractivity contribution < 1.29 is 9.47 Å². The molecule has 1 aromatic heterocycles. The van der Waals surface area contributed by atoms with E-state index in [4.69, 9.17) is 9.47 Å². The number of H-pyrrole nitrogens is 1. The molecule has 0 radical (unpaired) electrons. The first-order valence-electron chi connectivity index (χ1n) is 17.2. The smallest absolute Gasteiger partial charge is 0.252 e. The van der Waals surface area contributed by atoms with Crippen LogP contribution in [0.25, 0.3) is 11.1 Å². The monoisotopic (exact) mass is 629 g/mol. The minimum Gasteiger partial charge on any atom is -0.379 e. The number of aromatic amines is 1. The SMILES string of the molecule is CCN(c1cc(-c2ccc(CN3CCOCC3)cc2)cc(COCNCc2c(C)cc(C)[nH]c2=O)c1C)[C@H]1CC[C@H](N(C)C)CC1. The maximum absolute atomic E-state index is 12.4. The number of aromatic nitrogens is 1. The lowest BCUT2D eigenvalue weighted by Gasteiger charge is -2.40. The van der Waals surface area contributed by atoms with Gasteiger partial charge in [-0.25, -0.2) is 0 Å². The molecule has 2 aliphatic rings. The highest BCUT2D eigenvalue weighted by Crippen LogP contribution is 2.36. The third-order valence-corrected chi connectivity index (χ3v) is 10.0. The number of anilines is 1. The summed E-state index contributed by atoms with van der Waals surface area (Å²) in [6.45, 7) is 15.3. The van der Waals surface area contributed by atoms with Crippen LogP contribution in [0.15, 0.2) is 47.3 Å². The molecule has 0 atom stereocenters. The van der Waals surface area contributed by atoms with Crippen molar-refractivity contribution in [2.75, 3.05) is 58.6 Å². The number of nitrogens with one attached hydrogen (secondary N) is 2. The highest BCUT2D eigenvalue weighted by atomic mass is 16.5. The Hall–Kier alpha value is -3.01. The van der Waals surface area contributed by atoms with E-state index in [1.807, 2.05) is 19.9 Å². The first-order valence-corrected chi connectivity index (χ1v) is 17.2. The van der Waals surface area contributed by atoms with Crippen LogP contribution in [0.4, 0.5) is 5.69 Å². The summed E-state index contributed by atoms with van der Waals surface area (Å²) in [6, 6.07) is 17.0. The summed E-state index contributed by atoms with van der Waals surface area (Å²) in [5.41, 5.74) is 10.2. The van der Waals surface area contributed by atoms with Gasteiger partial charge in [0.25, 0.3) is 5.56 Å². The normalized spacial score (nSPS) is 19.1. The van der Waals surface area contributed by atoms with Crippen LogP contribution < -0.4 is 15.8 Å². The van der Waals surface area contributed by atoms with Crippen LogP contribution in [-0.4, -0.2) is 80.5 Å². The molecule has 0 bridgehead atoms. The zero-order chi connectivity index (χ0) is 32.6. The van der Waals surface area contributed by atoms with Gasteiger partial charge in [0.2, 0.25) is 0 Å². The number of hydrogen-bond acceptors (Lipinski definition) is 7. The Kier molecular flexibility index (Phi) is 12.1. The van der Waals surface area contributed by atoms with Crippen molar-refractivity contribution in [2.45, 2.75) is 85.2 Å². The van der Waals surface area contributed by atoms with Crippen molar-refractivity contribution in [1.82, 2.24) is 20.1 Å². The molecule has 0 amide bonds. The van der Waals surface area contributed by atoms with Gasteiger partial charge in [-0.3, -0.25) is 15.0 Å². The molecule has 250 valence electrons. The fraction of sp³-hybridized carbons (Fsp3) is 0.553. The number of ether oxygens (including phenoxy) is 2. The van der Waals surface area contributed by atoms with E-state index in [1.165, 1.54) is 59.2 Å². The number of rotatable bonds is 13. The van der Waals surface area contributed by atoms with Crippen LogP contribution in [0.2, 0.25) is 0 Å². The molecule has 0 unspecified atom stereocenters. The van der Waals surface area contributed by atoms with Crippen LogP contribution in [0.1, 0.15) is 66.1 Å². The van der Waals surface area contributed by atoms with Gasteiger partial charge in [-0.05, 0) is 119 Å². The predicted molar refractivity (Wildman–Crippen MR) is 188 cm³/mol. The van der Waals surface area contributed by atoms with E-state index in [2.05, 4.69) is 89.3 Å². The number of pyridine rings is 1. The van der Waals surface area contributed by atoms with Gasteiger partial charge in [-0.1, -0.05) is 24.3 Å². The van der Waals surface area contributed by atoms with Gasteiger partial charge in [-0.2, -0.15) is 0 Å². The Morgan fingerprint density at radius 3 is 2.30 bits per heavy atom. The van der Waals surface area contributed by atoms with E-state index in [0.717, 1.165) is 56.2 Å². The van der Waals surface area contributed by atoms with Crippen LogP contribution in [0.3, 0.4) is 0 Å². The maximum atomic E-state index is 12.4. The lowest BCUT2D eigenvalue weighted by atomic mass is 9.88. The van der Waals surface area contributed by atoms with Gasteiger partial charge in [0.05, 0.1) is 26.6 Å². The third kappa shape index (κ3) is 8.66. The molecule has 0 spiro atoms. The Morgan fingerprint density at radius 1 is 0.957 bits per heavy atom. The largest absolute Gasteiger partial charge is 0.379 e. The number of aryl methyl sites for hydroxylation is 2. The van der Waals surface area contributed by atoms with Gasteiger partial charge >= 0.3 is 0 Å². The zero-order valence-corrected chi connectivity index (χ0v) is 29.0. The molecule has 2 heterocycles. The highest BCUT2D eigenvalue weighted by molar-refractivity contribution is 5.73. The maximum Gasteiger partial charge on any atom is 0.252 e. The first-order chi connectivity index (χ1) is 22.2. The molecular formula is C38H55N5O3. The van der Waals surface area contributed by atoms with Crippen molar-refractivity contribution in [3.8, 4) is 11.1 Å². The number of morpholine rings is 1. The molecule has 2 N–H and O–H groups in total. The number of hydrogen-bond donors (Lipinski definition) is 2. The minimum absolute atomic E-state index is 0.0339. The van der Waals surface area contributed by atoms with Crippen LogP contribution in [0.5, 0.6) is 0 Å². The summed E-state index contributed by atoms with van der Waals surface area (Å²) in [4.78, 5) is 22.8. The molecule has 46 heavy (non-hydrogen) atoms. The van der Waals surface area contributed by atoms with E-state index in [-0.39, 0.29) is 5.56 Å². The molecule has 1 saturated heterocycles. The molecular weight excluding hydrogens is 574 g/mol. The molecule has 3 aromatic rings. The summed E-state index contributed by atoms with van der Waals surface area (Å²) in [7, 11) is 4.42. The molecule has 1 saturated carbocycles. The van der Waals surface area contributed by atoms with Crippen LogP contribution in [-0.2, 0) is 29.2 Å². The topological polar surface area (TPSA) is 73.1 Å². The van der Waals surface area contributed by atoms with Crippen molar-refractivity contribution in [3.63, 3.8) is 0 Å².